The number of hydrogen-bond acceptors (Lipinski definition) is 4. The third-order valence-corrected chi connectivity index (χ3v) is 5.21. The second kappa shape index (κ2) is 5.87. The van der Waals surface area contributed by atoms with Crippen molar-refractivity contribution in [1.82, 2.24) is 19.7 Å². The van der Waals surface area contributed by atoms with Crippen LogP contribution in [0.2, 0.25) is 10.4 Å². The molecule has 2 aromatic heterocycles. The quantitative estimate of drug-likeness (QED) is 0.451. The average molecular weight is 408 g/mol. The topological polar surface area (TPSA) is 63.9 Å². The molecule has 0 saturated heterocycles. The maximum atomic E-state index is 14.9. The number of benzene rings is 1. The fourth-order valence-electron chi connectivity index (χ4n) is 3.47. The Balaban J connectivity index is 1.96. The average Bonchev–Trinajstić information content (AvgIpc) is 3.06. The van der Waals surface area contributed by atoms with Gasteiger partial charge in [-0.3, -0.25) is 14.4 Å². The highest BCUT2D eigenvalue weighted by Gasteiger charge is 2.48. The zero-order chi connectivity index (χ0) is 19.7. The summed E-state index contributed by atoms with van der Waals surface area (Å²) in [5.74, 6) is -0.491. The molecule has 0 unspecified atom stereocenters. The molecule has 0 N–H and O–H groups in total. The van der Waals surface area contributed by atoms with Gasteiger partial charge in [-0.05, 0) is 45.4 Å². The Bertz CT molecular complexity index is 1110. The molecule has 0 atom stereocenters. The van der Waals surface area contributed by atoms with Crippen LogP contribution in [0.15, 0.2) is 18.3 Å². The lowest BCUT2D eigenvalue weighted by Crippen LogP contribution is -2.33. The van der Waals surface area contributed by atoms with Crippen molar-refractivity contribution in [2.45, 2.75) is 39.2 Å². The van der Waals surface area contributed by atoms with Crippen LogP contribution < -0.4 is 4.90 Å². The molecular weight excluding hydrogens is 392 g/mol. The largest absolute Gasteiger partial charge is 0.273 e. The summed E-state index contributed by atoms with van der Waals surface area (Å²) in [6, 6.07) is 3.01. The van der Waals surface area contributed by atoms with Crippen molar-refractivity contribution < 1.29 is 9.18 Å². The highest BCUT2D eigenvalue weighted by molar-refractivity contribution is 6.34. The molecule has 3 heterocycles. The molecule has 140 valence electrons. The third-order valence-electron chi connectivity index (χ3n) is 4.77. The standard InChI is InChI=1S/C18H16Cl2FN5O/c1-8(2)26-13-9(7-22-26)5-10(6-11(13)21)25-15-12(18(3,4)16(25)27)14(19)23-17(20)24-15/h5-8H,1-4H3. The van der Waals surface area contributed by atoms with E-state index in [1.165, 1.54) is 11.0 Å². The number of halogens is 3. The van der Waals surface area contributed by atoms with Gasteiger partial charge in [0.25, 0.3) is 0 Å². The summed E-state index contributed by atoms with van der Waals surface area (Å²) in [7, 11) is 0. The van der Waals surface area contributed by atoms with E-state index < -0.39 is 11.2 Å². The summed E-state index contributed by atoms with van der Waals surface area (Å²) in [5.41, 5.74) is 0.228. The minimum Gasteiger partial charge on any atom is -0.273 e. The van der Waals surface area contributed by atoms with E-state index in [4.69, 9.17) is 23.2 Å². The van der Waals surface area contributed by atoms with Crippen molar-refractivity contribution in [1.29, 1.82) is 0 Å². The second-order valence-electron chi connectivity index (χ2n) is 7.30. The van der Waals surface area contributed by atoms with Crippen LogP contribution in [-0.4, -0.2) is 25.7 Å². The molecule has 27 heavy (non-hydrogen) atoms. The van der Waals surface area contributed by atoms with Gasteiger partial charge in [0.05, 0.1) is 17.3 Å². The zero-order valence-electron chi connectivity index (χ0n) is 15.1. The summed E-state index contributed by atoms with van der Waals surface area (Å²) in [6.07, 6.45) is 1.58. The molecule has 6 nitrogen and oxygen atoms in total. The molecule has 1 aliphatic heterocycles. The van der Waals surface area contributed by atoms with Crippen molar-refractivity contribution in [3.8, 4) is 0 Å². The normalized spacial score (nSPS) is 15.9. The van der Waals surface area contributed by atoms with Gasteiger partial charge in [-0.2, -0.15) is 10.1 Å². The highest BCUT2D eigenvalue weighted by Crippen LogP contribution is 2.47. The molecule has 1 aromatic carbocycles. The highest BCUT2D eigenvalue weighted by atomic mass is 35.5. The number of hydrogen-bond donors (Lipinski definition) is 0. The predicted molar refractivity (Wildman–Crippen MR) is 102 cm³/mol. The van der Waals surface area contributed by atoms with Crippen molar-refractivity contribution >= 4 is 51.5 Å². The molecule has 9 heteroatoms. The van der Waals surface area contributed by atoms with E-state index in [0.717, 1.165) is 0 Å². The summed E-state index contributed by atoms with van der Waals surface area (Å²) < 4.78 is 16.5. The van der Waals surface area contributed by atoms with Crippen LogP contribution in [0.3, 0.4) is 0 Å². The van der Waals surface area contributed by atoms with Crippen molar-refractivity contribution in [2.24, 2.45) is 0 Å². The lowest BCUT2D eigenvalue weighted by atomic mass is 9.88. The lowest BCUT2D eigenvalue weighted by molar-refractivity contribution is -0.121. The van der Waals surface area contributed by atoms with Crippen molar-refractivity contribution in [2.75, 3.05) is 4.90 Å². The Kier molecular flexibility index (Phi) is 3.94. The van der Waals surface area contributed by atoms with Gasteiger partial charge >= 0.3 is 0 Å². The number of nitrogens with zero attached hydrogens (tertiary/aromatic N) is 5. The monoisotopic (exact) mass is 407 g/mol. The Morgan fingerprint density at radius 1 is 1.19 bits per heavy atom. The van der Waals surface area contributed by atoms with E-state index in [0.29, 0.717) is 22.2 Å². The summed E-state index contributed by atoms with van der Waals surface area (Å²) in [5, 5.41) is 4.87. The Morgan fingerprint density at radius 2 is 1.89 bits per heavy atom. The molecule has 0 bridgehead atoms. The molecule has 0 spiro atoms. The van der Waals surface area contributed by atoms with E-state index in [1.54, 1.807) is 30.8 Å². The number of amides is 1. The summed E-state index contributed by atoms with van der Waals surface area (Å²) >= 11 is 12.2. The number of rotatable bonds is 2. The second-order valence-corrected chi connectivity index (χ2v) is 7.99. The molecule has 0 aliphatic carbocycles. The molecule has 0 saturated carbocycles. The van der Waals surface area contributed by atoms with E-state index in [1.807, 2.05) is 13.8 Å². The van der Waals surface area contributed by atoms with E-state index in [2.05, 4.69) is 15.1 Å². The van der Waals surface area contributed by atoms with Crippen LogP contribution in [0, 0.1) is 5.82 Å². The Labute approximate surface area is 164 Å². The van der Waals surface area contributed by atoms with E-state index in [-0.39, 0.29) is 28.2 Å². The number of carbonyl (C=O) groups is 1. The van der Waals surface area contributed by atoms with Crippen molar-refractivity contribution in [3.05, 3.63) is 40.1 Å². The number of anilines is 2. The third kappa shape index (κ3) is 2.52. The van der Waals surface area contributed by atoms with Gasteiger partial charge in [-0.15, -0.1) is 0 Å². The Hall–Kier alpha value is -2.25. The molecule has 1 amide bonds. The number of fused-ring (bicyclic) bond motifs is 2. The van der Waals surface area contributed by atoms with Crippen LogP contribution in [0.1, 0.15) is 39.3 Å². The van der Waals surface area contributed by atoms with Crippen LogP contribution >= 0.6 is 23.2 Å². The van der Waals surface area contributed by atoms with Crippen LogP contribution in [0.5, 0.6) is 0 Å². The molecule has 0 fully saturated rings. The first-order valence-corrected chi connectivity index (χ1v) is 9.13. The van der Waals surface area contributed by atoms with Gasteiger partial charge in [0.2, 0.25) is 11.2 Å². The minimum atomic E-state index is -0.968. The van der Waals surface area contributed by atoms with Gasteiger partial charge < -0.3 is 0 Å². The number of aromatic nitrogens is 4. The molecule has 0 radical (unpaired) electrons. The molecular formula is C18H16Cl2FN5O. The first-order chi connectivity index (χ1) is 12.6. The summed E-state index contributed by atoms with van der Waals surface area (Å²) in [6.45, 7) is 7.29. The fourth-order valence-corrected chi connectivity index (χ4v) is 4.08. The molecule has 3 aromatic rings. The number of carbonyl (C=O) groups excluding carboxylic acids is 1. The van der Waals surface area contributed by atoms with Gasteiger partial charge in [0.1, 0.15) is 10.7 Å². The molecule has 1 aliphatic rings. The van der Waals surface area contributed by atoms with E-state index >= 15 is 0 Å². The predicted octanol–water partition coefficient (Wildman–Crippen LogP) is 4.81. The maximum absolute atomic E-state index is 14.9. The Morgan fingerprint density at radius 3 is 2.56 bits per heavy atom. The minimum absolute atomic E-state index is 0.00119. The van der Waals surface area contributed by atoms with Crippen LogP contribution in [-0.2, 0) is 10.2 Å². The smallest absolute Gasteiger partial charge is 0.243 e. The van der Waals surface area contributed by atoms with Gasteiger partial charge in [0.15, 0.2) is 11.6 Å². The SMILES string of the molecule is CC(C)n1ncc2cc(N3C(=O)C(C)(C)c4c(Cl)nc(Cl)nc43)cc(F)c21. The van der Waals surface area contributed by atoms with E-state index in [9.17, 15) is 9.18 Å². The van der Waals surface area contributed by atoms with Crippen LogP contribution in [0.25, 0.3) is 10.9 Å². The van der Waals surface area contributed by atoms with Gasteiger partial charge in [0, 0.05) is 23.1 Å². The van der Waals surface area contributed by atoms with Gasteiger partial charge in [-0.25, -0.2) is 9.37 Å². The fraction of sp³-hybridized carbons (Fsp3) is 0.333. The first kappa shape index (κ1) is 18.1. The summed E-state index contributed by atoms with van der Waals surface area (Å²) in [4.78, 5) is 22.6. The zero-order valence-corrected chi connectivity index (χ0v) is 16.6. The van der Waals surface area contributed by atoms with Crippen molar-refractivity contribution in [3.63, 3.8) is 0 Å². The maximum Gasteiger partial charge on any atom is 0.243 e. The lowest BCUT2D eigenvalue weighted by Gasteiger charge is -2.20. The first-order valence-electron chi connectivity index (χ1n) is 8.37. The van der Waals surface area contributed by atoms with Crippen LogP contribution in [0.4, 0.5) is 15.9 Å². The molecule has 4 rings (SSSR count). The van der Waals surface area contributed by atoms with Gasteiger partial charge in [-0.1, -0.05) is 11.6 Å².